The van der Waals surface area contributed by atoms with E-state index in [1.807, 2.05) is 74.5 Å². The number of para-hydroxylation sites is 1. The van der Waals surface area contributed by atoms with E-state index in [2.05, 4.69) is 0 Å². The van der Waals surface area contributed by atoms with Crippen LogP contribution in [0.2, 0.25) is 5.02 Å². The molecule has 0 fully saturated rings. The molecule has 1 spiro atoms. The van der Waals surface area contributed by atoms with Crippen LogP contribution < -0.4 is 15.1 Å². The molecule has 4 aromatic carbocycles. The lowest BCUT2D eigenvalue weighted by Gasteiger charge is -2.34. The van der Waals surface area contributed by atoms with Crippen LogP contribution in [0.5, 0.6) is 5.75 Å². The van der Waals surface area contributed by atoms with Crippen LogP contribution in [-0.4, -0.2) is 30.4 Å². The summed E-state index contributed by atoms with van der Waals surface area (Å²) in [6.45, 7) is 4.27. The standard InChI is InChI=1S/C36H29ClN2O5/c1-21-18-27-30(19-22(21)2)44-33-31(32(27)40)36(39(34(33)41)17-16-23-10-14-26(43-3)15-11-23)28-6-4-5-7-29(28)38(35(36)42)20-24-8-12-25(37)13-9-24/h4-15,18-19H,16-17,20H2,1-3H3. The van der Waals surface area contributed by atoms with Crippen molar-refractivity contribution in [3.8, 4) is 5.75 Å². The van der Waals surface area contributed by atoms with Crippen molar-refractivity contribution in [2.24, 2.45) is 0 Å². The number of rotatable bonds is 6. The van der Waals surface area contributed by atoms with Gasteiger partial charge in [0.2, 0.25) is 5.76 Å². The lowest BCUT2D eigenvalue weighted by molar-refractivity contribution is -0.126. The fourth-order valence-corrected chi connectivity index (χ4v) is 6.63. The van der Waals surface area contributed by atoms with Crippen molar-refractivity contribution in [2.75, 3.05) is 18.6 Å². The van der Waals surface area contributed by atoms with E-state index in [0.29, 0.717) is 33.7 Å². The number of amides is 2. The van der Waals surface area contributed by atoms with Crippen molar-refractivity contribution >= 4 is 40.1 Å². The van der Waals surface area contributed by atoms with Crippen molar-refractivity contribution in [3.05, 3.63) is 139 Å². The topological polar surface area (TPSA) is 80.1 Å². The predicted octanol–water partition coefficient (Wildman–Crippen LogP) is 6.56. The molecule has 0 saturated carbocycles. The molecule has 5 aromatic rings. The average Bonchev–Trinajstić information content (AvgIpc) is 3.42. The van der Waals surface area contributed by atoms with Gasteiger partial charge in [-0.3, -0.25) is 14.4 Å². The number of nitrogens with zero attached hydrogens (tertiary/aromatic N) is 2. The van der Waals surface area contributed by atoms with Gasteiger partial charge in [-0.05, 0) is 85.0 Å². The number of ether oxygens (including phenoxy) is 1. The Kier molecular flexibility index (Phi) is 6.59. The van der Waals surface area contributed by atoms with Gasteiger partial charge >= 0.3 is 0 Å². The molecule has 8 heteroatoms. The summed E-state index contributed by atoms with van der Waals surface area (Å²) < 4.78 is 11.6. The first-order valence-corrected chi connectivity index (χ1v) is 14.8. The Hall–Kier alpha value is -4.88. The van der Waals surface area contributed by atoms with E-state index in [0.717, 1.165) is 28.0 Å². The lowest BCUT2D eigenvalue weighted by Crippen LogP contribution is -2.53. The molecule has 1 atom stereocenters. The van der Waals surface area contributed by atoms with E-state index in [1.54, 1.807) is 36.3 Å². The highest BCUT2D eigenvalue weighted by atomic mass is 35.5. The van der Waals surface area contributed by atoms with E-state index in [9.17, 15) is 14.4 Å². The minimum atomic E-state index is -1.69. The van der Waals surface area contributed by atoms with Crippen LogP contribution in [0.4, 0.5) is 5.69 Å². The van der Waals surface area contributed by atoms with Gasteiger partial charge in [-0.1, -0.05) is 54.1 Å². The van der Waals surface area contributed by atoms with Gasteiger partial charge in [0.25, 0.3) is 11.8 Å². The summed E-state index contributed by atoms with van der Waals surface area (Å²) in [5.41, 5.74) is 3.24. The minimum absolute atomic E-state index is 0.0732. The summed E-state index contributed by atoms with van der Waals surface area (Å²) in [4.78, 5) is 47.1. The maximum absolute atomic E-state index is 15.0. The van der Waals surface area contributed by atoms with Crippen LogP contribution in [0.25, 0.3) is 11.0 Å². The van der Waals surface area contributed by atoms with E-state index in [4.69, 9.17) is 20.8 Å². The van der Waals surface area contributed by atoms with Crippen LogP contribution in [0, 0.1) is 13.8 Å². The summed E-state index contributed by atoms with van der Waals surface area (Å²) in [5, 5.41) is 0.936. The van der Waals surface area contributed by atoms with Gasteiger partial charge in [-0.15, -0.1) is 0 Å². The van der Waals surface area contributed by atoms with Gasteiger partial charge in [0.1, 0.15) is 11.3 Å². The normalized spacial score (nSPS) is 17.1. The molecule has 2 amide bonds. The number of aryl methyl sites for hydroxylation is 2. The molecule has 3 heterocycles. The van der Waals surface area contributed by atoms with Gasteiger partial charge in [0.05, 0.1) is 30.3 Å². The monoisotopic (exact) mass is 604 g/mol. The average molecular weight is 605 g/mol. The molecule has 2 aliphatic rings. The Morgan fingerprint density at radius 3 is 2.27 bits per heavy atom. The second kappa shape index (κ2) is 10.4. The van der Waals surface area contributed by atoms with Gasteiger partial charge in [-0.2, -0.15) is 0 Å². The van der Waals surface area contributed by atoms with E-state index < -0.39 is 11.4 Å². The number of anilines is 1. The Labute approximate surface area is 259 Å². The van der Waals surface area contributed by atoms with Crippen molar-refractivity contribution in [1.82, 2.24) is 4.90 Å². The molecule has 0 aliphatic carbocycles. The molecule has 1 aromatic heterocycles. The molecule has 0 N–H and O–H groups in total. The number of hydrogen-bond donors (Lipinski definition) is 0. The summed E-state index contributed by atoms with van der Waals surface area (Å²) in [5.74, 6) is -0.218. The van der Waals surface area contributed by atoms with E-state index in [1.165, 1.54) is 4.90 Å². The van der Waals surface area contributed by atoms with Gasteiger partial charge in [-0.25, -0.2) is 0 Å². The van der Waals surface area contributed by atoms with Crippen LogP contribution in [0.1, 0.15) is 43.9 Å². The van der Waals surface area contributed by atoms with Crippen LogP contribution in [0.15, 0.2) is 94.1 Å². The molecule has 2 aliphatic heterocycles. The number of carbonyl (C=O) groups is 2. The minimum Gasteiger partial charge on any atom is -0.497 e. The number of halogens is 1. The second-order valence-corrected chi connectivity index (χ2v) is 11.8. The molecular formula is C36H29ClN2O5. The van der Waals surface area contributed by atoms with Gasteiger partial charge in [0, 0.05) is 17.1 Å². The molecule has 0 saturated heterocycles. The molecule has 7 rings (SSSR count). The zero-order valence-corrected chi connectivity index (χ0v) is 25.3. The zero-order chi connectivity index (χ0) is 30.7. The smallest absolute Gasteiger partial charge is 0.291 e. The summed E-state index contributed by atoms with van der Waals surface area (Å²) in [7, 11) is 1.61. The van der Waals surface area contributed by atoms with Crippen molar-refractivity contribution in [2.45, 2.75) is 32.4 Å². The third kappa shape index (κ3) is 4.07. The van der Waals surface area contributed by atoms with Gasteiger partial charge < -0.3 is 19.0 Å². The Morgan fingerprint density at radius 2 is 1.55 bits per heavy atom. The van der Waals surface area contributed by atoms with Crippen molar-refractivity contribution < 1.29 is 18.7 Å². The molecule has 1 unspecified atom stereocenters. The zero-order valence-electron chi connectivity index (χ0n) is 24.5. The summed E-state index contributed by atoms with van der Waals surface area (Å²) in [6.07, 6.45) is 0.448. The number of hydrogen-bond acceptors (Lipinski definition) is 5. The third-order valence-corrected chi connectivity index (χ3v) is 9.14. The molecule has 44 heavy (non-hydrogen) atoms. The van der Waals surface area contributed by atoms with Crippen LogP contribution in [0.3, 0.4) is 0 Å². The first-order valence-electron chi connectivity index (χ1n) is 14.4. The quantitative estimate of drug-likeness (QED) is 0.219. The third-order valence-electron chi connectivity index (χ3n) is 8.89. The fourth-order valence-electron chi connectivity index (χ4n) is 6.51. The largest absolute Gasteiger partial charge is 0.497 e. The molecule has 220 valence electrons. The number of methoxy groups -OCH3 is 1. The number of fused-ring (bicyclic) bond motifs is 5. The summed E-state index contributed by atoms with van der Waals surface area (Å²) in [6, 6.07) is 25.8. The van der Waals surface area contributed by atoms with Crippen molar-refractivity contribution in [3.63, 3.8) is 0 Å². The van der Waals surface area contributed by atoms with E-state index in [-0.39, 0.29) is 35.7 Å². The molecule has 0 bridgehead atoms. The maximum Gasteiger partial charge on any atom is 0.291 e. The highest BCUT2D eigenvalue weighted by Gasteiger charge is 2.64. The first kappa shape index (κ1) is 27.9. The predicted molar refractivity (Wildman–Crippen MR) is 170 cm³/mol. The van der Waals surface area contributed by atoms with Crippen LogP contribution in [-0.2, 0) is 23.3 Å². The fraction of sp³-hybridized carbons (Fsp3) is 0.194. The highest BCUT2D eigenvalue weighted by molar-refractivity contribution is 6.30. The molecule has 7 nitrogen and oxygen atoms in total. The van der Waals surface area contributed by atoms with Gasteiger partial charge in [0.15, 0.2) is 11.0 Å². The van der Waals surface area contributed by atoms with Crippen LogP contribution >= 0.6 is 11.6 Å². The Bertz CT molecular complexity index is 2030. The highest BCUT2D eigenvalue weighted by Crippen LogP contribution is 2.53. The Balaban J connectivity index is 1.44. The summed E-state index contributed by atoms with van der Waals surface area (Å²) >= 11 is 6.14. The number of benzene rings is 4. The SMILES string of the molecule is COc1ccc(CCN2C(=O)c3oc4cc(C)c(C)cc4c(=O)c3C23C(=O)N(Cc2ccc(Cl)cc2)c2ccccc23)cc1. The lowest BCUT2D eigenvalue weighted by atomic mass is 9.83. The van der Waals surface area contributed by atoms with Crippen molar-refractivity contribution in [1.29, 1.82) is 0 Å². The molecule has 0 radical (unpaired) electrons. The Morgan fingerprint density at radius 1 is 0.864 bits per heavy atom. The first-order chi connectivity index (χ1) is 21.2. The van der Waals surface area contributed by atoms with E-state index >= 15 is 0 Å². The number of carbonyl (C=O) groups excluding carboxylic acids is 2. The maximum atomic E-state index is 15.0. The second-order valence-electron chi connectivity index (χ2n) is 11.4. The molecular weight excluding hydrogens is 576 g/mol.